The van der Waals surface area contributed by atoms with Crippen molar-refractivity contribution in [2.45, 2.75) is 0 Å². The van der Waals surface area contributed by atoms with Gasteiger partial charge in [0.1, 0.15) is 11.2 Å². The third-order valence-corrected chi connectivity index (χ3v) is 11.0. The third-order valence-electron chi connectivity index (χ3n) is 11.0. The summed E-state index contributed by atoms with van der Waals surface area (Å²) in [4.78, 5) is 15.6. The molecule has 0 aliphatic carbocycles. The van der Waals surface area contributed by atoms with Gasteiger partial charge in [-0.05, 0) is 61.5 Å². The Morgan fingerprint density at radius 1 is 0.298 bits per heavy atom. The highest BCUT2D eigenvalue weighted by Crippen LogP contribution is 2.41. The highest BCUT2D eigenvalue weighted by molar-refractivity contribution is 6.15. The molecule has 0 fully saturated rings. The van der Waals surface area contributed by atoms with E-state index in [2.05, 4.69) is 176 Å². The van der Waals surface area contributed by atoms with Crippen LogP contribution in [0.2, 0.25) is 0 Å². The summed E-state index contributed by atoms with van der Waals surface area (Å²) in [5.41, 5.74) is 11.1. The number of aromatic nitrogens is 3. The second-order valence-corrected chi connectivity index (χ2v) is 14.4. The van der Waals surface area contributed by atoms with E-state index in [4.69, 9.17) is 19.4 Å². The lowest BCUT2D eigenvalue weighted by molar-refractivity contribution is 0.670. The van der Waals surface area contributed by atoms with Crippen LogP contribution in [0, 0.1) is 0 Å². The van der Waals surface area contributed by atoms with Crippen molar-refractivity contribution in [2.24, 2.45) is 0 Å². The Kier molecular flexibility index (Phi) is 7.78. The average Bonchev–Trinajstić information content (AvgIpc) is 3.69. The van der Waals surface area contributed by atoms with E-state index in [9.17, 15) is 0 Å². The van der Waals surface area contributed by atoms with Gasteiger partial charge in [-0.25, -0.2) is 15.0 Å². The molecule has 0 radical (unpaired) electrons. The minimum atomic E-state index is 0.590. The Balaban J connectivity index is 1.07. The SMILES string of the molecule is c1ccc(-c2ccc(-c3nc(-c4ccc5c(ccc6ccccc65)c4)nc(-c4cccc5oc6c(-c7ccc(-c8ccccc8)cc7)cccc6c45)n3)cc2)cc1. The first-order valence-electron chi connectivity index (χ1n) is 19.2. The predicted octanol–water partition coefficient (Wildman–Crippen LogP) is 14.1. The number of nitrogens with zero attached hydrogens (tertiary/aromatic N) is 3. The van der Waals surface area contributed by atoms with Crippen LogP contribution in [0.25, 0.3) is 111 Å². The largest absolute Gasteiger partial charge is 0.455 e. The van der Waals surface area contributed by atoms with E-state index in [1.807, 2.05) is 24.3 Å². The van der Waals surface area contributed by atoms with Gasteiger partial charge in [0, 0.05) is 33.0 Å². The summed E-state index contributed by atoms with van der Waals surface area (Å²) < 4.78 is 6.71. The van der Waals surface area contributed by atoms with Gasteiger partial charge >= 0.3 is 0 Å². The van der Waals surface area contributed by atoms with Crippen molar-refractivity contribution in [3.05, 3.63) is 200 Å². The molecule has 57 heavy (non-hydrogen) atoms. The van der Waals surface area contributed by atoms with Crippen LogP contribution in [0.5, 0.6) is 0 Å². The number of para-hydroxylation sites is 1. The summed E-state index contributed by atoms with van der Waals surface area (Å²) in [6.45, 7) is 0. The zero-order valence-electron chi connectivity index (χ0n) is 30.8. The van der Waals surface area contributed by atoms with Crippen LogP contribution >= 0.6 is 0 Å². The molecule has 0 bridgehead atoms. The van der Waals surface area contributed by atoms with Gasteiger partial charge < -0.3 is 4.42 Å². The molecule has 4 nitrogen and oxygen atoms in total. The Morgan fingerprint density at radius 3 is 1.54 bits per heavy atom. The number of furan rings is 1. The van der Waals surface area contributed by atoms with E-state index >= 15 is 0 Å². The van der Waals surface area contributed by atoms with Crippen molar-refractivity contribution < 1.29 is 4.42 Å². The standard InChI is InChI=1S/C53H33N3O/c1-3-11-34(12-4-1)36-21-25-39(26-22-36)45-17-9-18-46-49-47(19-10-20-48(49)57-50(45)46)53-55-51(40-28-23-37(24-29-40)35-13-5-2-6-14-35)54-52(56-53)42-31-32-44-41(33-42)30-27-38-15-7-8-16-43(38)44/h1-33H. The molecule has 0 spiro atoms. The van der Waals surface area contributed by atoms with Crippen LogP contribution in [0.15, 0.2) is 205 Å². The molecule has 0 atom stereocenters. The Hall–Kier alpha value is -7.69. The van der Waals surface area contributed by atoms with Crippen LogP contribution in [-0.4, -0.2) is 15.0 Å². The molecule has 2 heterocycles. The van der Waals surface area contributed by atoms with E-state index in [0.29, 0.717) is 17.5 Å². The summed E-state index contributed by atoms with van der Waals surface area (Å²) in [6.07, 6.45) is 0. The van der Waals surface area contributed by atoms with Crippen LogP contribution in [0.1, 0.15) is 0 Å². The summed E-state index contributed by atoms with van der Waals surface area (Å²) in [6, 6.07) is 69.9. The number of benzene rings is 9. The van der Waals surface area contributed by atoms with Gasteiger partial charge in [-0.1, -0.05) is 188 Å². The minimum Gasteiger partial charge on any atom is -0.455 e. The quantitative estimate of drug-likeness (QED) is 0.160. The topological polar surface area (TPSA) is 51.8 Å². The van der Waals surface area contributed by atoms with Crippen molar-refractivity contribution in [1.29, 1.82) is 0 Å². The first-order chi connectivity index (χ1) is 28.2. The Bertz CT molecular complexity index is 3260. The molecule has 0 unspecified atom stereocenters. The van der Waals surface area contributed by atoms with Gasteiger partial charge in [0.15, 0.2) is 17.5 Å². The van der Waals surface area contributed by atoms with E-state index in [-0.39, 0.29) is 0 Å². The summed E-state index contributed by atoms with van der Waals surface area (Å²) in [5.74, 6) is 1.81. The molecule has 9 aromatic carbocycles. The van der Waals surface area contributed by atoms with Crippen LogP contribution in [0.4, 0.5) is 0 Å². The molecular weight excluding hydrogens is 695 g/mol. The first-order valence-corrected chi connectivity index (χ1v) is 19.2. The van der Waals surface area contributed by atoms with Crippen molar-refractivity contribution in [2.75, 3.05) is 0 Å². The normalized spacial score (nSPS) is 11.5. The number of hydrogen-bond acceptors (Lipinski definition) is 4. The summed E-state index contributed by atoms with van der Waals surface area (Å²) in [7, 11) is 0. The molecule has 2 aromatic heterocycles. The molecule has 0 saturated carbocycles. The maximum Gasteiger partial charge on any atom is 0.164 e. The van der Waals surface area contributed by atoms with Gasteiger partial charge in [0.05, 0.1) is 0 Å². The highest BCUT2D eigenvalue weighted by Gasteiger charge is 2.20. The third kappa shape index (κ3) is 5.83. The van der Waals surface area contributed by atoms with Gasteiger partial charge in [-0.3, -0.25) is 0 Å². The van der Waals surface area contributed by atoms with E-state index in [0.717, 1.165) is 66.3 Å². The van der Waals surface area contributed by atoms with Gasteiger partial charge in [-0.2, -0.15) is 0 Å². The first kappa shape index (κ1) is 32.7. The highest BCUT2D eigenvalue weighted by atomic mass is 16.3. The van der Waals surface area contributed by atoms with Crippen molar-refractivity contribution >= 4 is 43.5 Å². The molecule has 0 saturated heterocycles. The summed E-state index contributed by atoms with van der Waals surface area (Å²) in [5, 5.41) is 6.76. The van der Waals surface area contributed by atoms with Gasteiger partial charge in [0.25, 0.3) is 0 Å². The molecule has 0 aliphatic heterocycles. The van der Waals surface area contributed by atoms with Gasteiger partial charge in [-0.15, -0.1) is 0 Å². The molecule has 266 valence electrons. The minimum absolute atomic E-state index is 0.590. The van der Waals surface area contributed by atoms with Crippen molar-refractivity contribution in [1.82, 2.24) is 15.0 Å². The van der Waals surface area contributed by atoms with Crippen LogP contribution in [-0.2, 0) is 0 Å². The molecule has 11 aromatic rings. The second-order valence-electron chi connectivity index (χ2n) is 14.4. The molecule has 0 N–H and O–H groups in total. The monoisotopic (exact) mass is 727 g/mol. The molecule has 0 amide bonds. The molecular formula is C53H33N3O. The van der Waals surface area contributed by atoms with Gasteiger partial charge in [0.2, 0.25) is 0 Å². The number of fused-ring (bicyclic) bond motifs is 6. The second kappa shape index (κ2) is 13.6. The Morgan fingerprint density at radius 2 is 0.807 bits per heavy atom. The number of hydrogen-bond donors (Lipinski definition) is 0. The fourth-order valence-corrected chi connectivity index (χ4v) is 8.08. The van der Waals surface area contributed by atoms with Crippen LogP contribution in [0.3, 0.4) is 0 Å². The fraction of sp³-hybridized carbons (Fsp3) is 0. The fourth-order valence-electron chi connectivity index (χ4n) is 8.08. The van der Waals surface area contributed by atoms with Crippen molar-refractivity contribution in [3.8, 4) is 67.5 Å². The summed E-state index contributed by atoms with van der Waals surface area (Å²) >= 11 is 0. The average molecular weight is 728 g/mol. The predicted molar refractivity (Wildman–Crippen MR) is 235 cm³/mol. The lowest BCUT2D eigenvalue weighted by atomic mass is 9.98. The maximum atomic E-state index is 6.71. The van der Waals surface area contributed by atoms with E-state index in [1.165, 1.54) is 27.3 Å². The Labute approximate surface area is 329 Å². The lowest BCUT2D eigenvalue weighted by Gasteiger charge is -2.11. The lowest BCUT2D eigenvalue weighted by Crippen LogP contribution is -2.00. The molecule has 11 rings (SSSR count). The van der Waals surface area contributed by atoms with E-state index < -0.39 is 0 Å². The molecule has 0 aliphatic rings. The maximum absolute atomic E-state index is 6.71. The van der Waals surface area contributed by atoms with Crippen LogP contribution < -0.4 is 0 Å². The zero-order chi connectivity index (χ0) is 37.7. The zero-order valence-corrected chi connectivity index (χ0v) is 30.8. The van der Waals surface area contributed by atoms with E-state index in [1.54, 1.807) is 0 Å². The van der Waals surface area contributed by atoms with Crippen molar-refractivity contribution in [3.63, 3.8) is 0 Å². The number of rotatable bonds is 6. The molecule has 4 heteroatoms. The smallest absolute Gasteiger partial charge is 0.164 e.